The largest absolute Gasteiger partial charge is 0.446 e. The zero-order chi connectivity index (χ0) is 18.4. The van der Waals surface area contributed by atoms with Gasteiger partial charge in [-0.25, -0.2) is 9.10 Å². The molecule has 0 unspecified atom stereocenters. The summed E-state index contributed by atoms with van der Waals surface area (Å²) >= 11 is 7.13. The lowest BCUT2D eigenvalue weighted by Gasteiger charge is -2.30. The smallest absolute Gasteiger partial charge is 0.333 e. The normalized spacial score (nSPS) is 16.4. The maximum absolute atomic E-state index is 12.2. The number of amides is 2. The van der Waals surface area contributed by atoms with Gasteiger partial charge >= 0.3 is 6.09 Å². The number of nitrogens with zero attached hydrogens (tertiary/aromatic N) is 3. The molecule has 2 rings (SSSR count). The molecule has 1 heterocycles. The van der Waals surface area contributed by atoms with Crippen LogP contribution in [-0.2, 0) is 9.63 Å². The summed E-state index contributed by atoms with van der Waals surface area (Å²) in [7, 11) is 4.16. The molecule has 25 heavy (non-hydrogen) atoms. The predicted octanol–water partition coefficient (Wildman–Crippen LogP) is 4.36. The Hall–Kier alpha value is -1.03. The van der Waals surface area contributed by atoms with Gasteiger partial charge < -0.3 is 4.90 Å². The Morgan fingerprint density at radius 2 is 2.08 bits per heavy atom. The molecule has 0 N–H and O–H groups in total. The number of carbonyl (C=O) groups is 2. The van der Waals surface area contributed by atoms with Gasteiger partial charge in [0, 0.05) is 46.3 Å². The molecule has 0 atom stereocenters. The molecule has 0 saturated carbocycles. The number of hydrogen-bond acceptors (Lipinski definition) is 7. The predicted molar refractivity (Wildman–Crippen MR) is 106 cm³/mol. The van der Waals surface area contributed by atoms with E-state index in [2.05, 4.69) is 5.16 Å². The maximum atomic E-state index is 12.2. The average Bonchev–Trinajstić information content (AvgIpc) is 2.59. The minimum atomic E-state index is -0.644. The molecule has 2 amide bonds. The molecule has 1 aliphatic rings. The number of thioether (sulfide) groups is 1. The zero-order valence-electron chi connectivity index (χ0n) is 14.0. The van der Waals surface area contributed by atoms with Crippen molar-refractivity contribution in [3.63, 3.8) is 0 Å². The molecule has 1 aromatic carbocycles. The standard InChI is InChI=1S/C15H18ClN3O3S3/c1-10(2)19-8-9-23-13(14(19)20)17-22-15(21)18(3)25-24-12-6-4-11(16)5-7-12/h4-7,10H,8-9H2,1-3H3. The van der Waals surface area contributed by atoms with E-state index in [1.165, 1.54) is 37.8 Å². The second-order valence-corrected chi connectivity index (χ2v) is 9.11. The minimum absolute atomic E-state index is 0.0864. The van der Waals surface area contributed by atoms with Crippen LogP contribution in [0.4, 0.5) is 4.79 Å². The fourth-order valence-electron chi connectivity index (χ4n) is 1.84. The third-order valence-electron chi connectivity index (χ3n) is 3.16. The quantitative estimate of drug-likeness (QED) is 0.306. The summed E-state index contributed by atoms with van der Waals surface area (Å²) in [6, 6.07) is 7.36. The molecule has 1 fully saturated rings. The number of oxime groups is 1. The van der Waals surface area contributed by atoms with Gasteiger partial charge in [-0.1, -0.05) is 28.5 Å². The van der Waals surface area contributed by atoms with Crippen LogP contribution in [0.5, 0.6) is 0 Å². The van der Waals surface area contributed by atoms with Gasteiger partial charge in [0.25, 0.3) is 5.91 Å². The van der Waals surface area contributed by atoms with Crippen LogP contribution in [0.1, 0.15) is 13.8 Å². The molecular formula is C15H18ClN3O3S3. The van der Waals surface area contributed by atoms with Crippen molar-refractivity contribution in [2.75, 3.05) is 19.3 Å². The average molecular weight is 420 g/mol. The lowest BCUT2D eigenvalue weighted by Crippen LogP contribution is -2.45. The van der Waals surface area contributed by atoms with Crippen LogP contribution in [0.3, 0.4) is 0 Å². The second-order valence-electron chi connectivity index (χ2n) is 5.30. The molecule has 1 aliphatic heterocycles. The summed E-state index contributed by atoms with van der Waals surface area (Å²) in [5.74, 6) is 0.530. The Balaban J connectivity index is 1.85. The van der Waals surface area contributed by atoms with Gasteiger partial charge in [-0.05, 0) is 48.9 Å². The Labute approximate surface area is 164 Å². The van der Waals surface area contributed by atoms with Crippen LogP contribution in [0, 0.1) is 0 Å². The Morgan fingerprint density at radius 3 is 2.72 bits per heavy atom. The van der Waals surface area contributed by atoms with Gasteiger partial charge in [0.15, 0.2) is 0 Å². The molecule has 0 bridgehead atoms. The van der Waals surface area contributed by atoms with Crippen molar-refractivity contribution in [2.24, 2.45) is 5.16 Å². The molecule has 10 heteroatoms. The molecule has 0 spiro atoms. The van der Waals surface area contributed by atoms with E-state index in [9.17, 15) is 9.59 Å². The van der Waals surface area contributed by atoms with Crippen molar-refractivity contribution >= 4 is 62.2 Å². The van der Waals surface area contributed by atoms with E-state index in [0.717, 1.165) is 10.6 Å². The van der Waals surface area contributed by atoms with Gasteiger partial charge in [-0.3, -0.25) is 9.63 Å². The first-order valence-corrected chi connectivity index (χ1v) is 10.9. The monoisotopic (exact) mass is 419 g/mol. The van der Waals surface area contributed by atoms with Crippen LogP contribution >= 0.6 is 45.1 Å². The van der Waals surface area contributed by atoms with Crippen molar-refractivity contribution in [3.05, 3.63) is 29.3 Å². The summed E-state index contributed by atoms with van der Waals surface area (Å²) in [5.41, 5.74) is 0. The van der Waals surface area contributed by atoms with Gasteiger partial charge in [0.1, 0.15) is 0 Å². The lowest BCUT2D eigenvalue weighted by atomic mass is 10.3. The van der Waals surface area contributed by atoms with Crippen molar-refractivity contribution in [2.45, 2.75) is 24.8 Å². The first kappa shape index (κ1) is 20.3. The summed E-state index contributed by atoms with van der Waals surface area (Å²) in [6.07, 6.45) is -0.644. The molecule has 0 aliphatic carbocycles. The van der Waals surface area contributed by atoms with Crippen LogP contribution in [0.2, 0.25) is 5.02 Å². The highest BCUT2D eigenvalue weighted by molar-refractivity contribution is 8.75. The SMILES string of the molecule is CC(C)N1CCSC(=NOC(=O)N(C)SSc2ccc(Cl)cc2)C1=O. The van der Waals surface area contributed by atoms with Gasteiger partial charge in [-0.15, -0.1) is 0 Å². The maximum Gasteiger partial charge on any atom is 0.446 e. The van der Waals surface area contributed by atoms with E-state index < -0.39 is 6.09 Å². The second kappa shape index (κ2) is 9.61. The van der Waals surface area contributed by atoms with Crippen molar-refractivity contribution in [1.29, 1.82) is 0 Å². The number of rotatable bonds is 5. The highest BCUT2D eigenvalue weighted by atomic mass is 35.5. The molecule has 136 valence electrons. The number of benzene rings is 1. The van der Waals surface area contributed by atoms with Crippen LogP contribution in [-0.4, -0.2) is 51.6 Å². The first-order chi connectivity index (χ1) is 11.9. The topological polar surface area (TPSA) is 62.2 Å². The molecule has 1 saturated heterocycles. The van der Waals surface area contributed by atoms with Gasteiger partial charge in [-0.2, -0.15) is 0 Å². The first-order valence-electron chi connectivity index (χ1n) is 7.45. The van der Waals surface area contributed by atoms with Crippen molar-refractivity contribution in [3.8, 4) is 0 Å². The van der Waals surface area contributed by atoms with Crippen LogP contribution in [0.15, 0.2) is 34.3 Å². The highest BCUT2D eigenvalue weighted by Crippen LogP contribution is 2.33. The van der Waals surface area contributed by atoms with E-state index in [1.54, 1.807) is 24.1 Å². The summed E-state index contributed by atoms with van der Waals surface area (Å²) in [5, 5.41) is 4.60. The van der Waals surface area contributed by atoms with Gasteiger partial charge in [0.05, 0.1) is 0 Å². The van der Waals surface area contributed by atoms with E-state index in [4.69, 9.17) is 16.4 Å². The Morgan fingerprint density at radius 1 is 1.40 bits per heavy atom. The summed E-state index contributed by atoms with van der Waals surface area (Å²) < 4.78 is 1.31. The Bertz CT molecular complexity index is 655. The molecule has 6 nitrogen and oxygen atoms in total. The summed E-state index contributed by atoms with van der Waals surface area (Å²) in [4.78, 5) is 31.8. The minimum Gasteiger partial charge on any atom is -0.333 e. The van der Waals surface area contributed by atoms with E-state index in [1.807, 2.05) is 26.0 Å². The molecule has 0 radical (unpaired) electrons. The third kappa shape index (κ3) is 6.02. The molecule has 0 aromatic heterocycles. The molecule has 1 aromatic rings. The van der Waals surface area contributed by atoms with Gasteiger partial charge in [0.2, 0.25) is 5.04 Å². The fraction of sp³-hybridized carbons (Fsp3) is 0.400. The lowest BCUT2D eigenvalue weighted by molar-refractivity contribution is -0.125. The molecular weight excluding hydrogens is 402 g/mol. The number of carbonyl (C=O) groups excluding carboxylic acids is 2. The number of halogens is 1. The highest BCUT2D eigenvalue weighted by Gasteiger charge is 2.28. The van der Waals surface area contributed by atoms with Crippen molar-refractivity contribution in [1.82, 2.24) is 9.21 Å². The third-order valence-corrected chi connectivity index (χ3v) is 6.71. The fourth-order valence-corrected chi connectivity index (χ4v) is 4.43. The van der Waals surface area contributed by atoms with Crippen LogP contribution in [0.25, 0.3) is 0 Å². The summed E-state index contributed by atoms with van der Waals surface area (Å²) in [6.45, 7) is 4.55. The zero-order valence-corrected chi connectivity index (χ0v) is 17.2. The van der Waals surface area contributed by atoms with E-state index >= 15 is 0 Å². The van der Waals surface area contributed by atoms with Crippen molar-refractivity contribution < 1.29 is 14.4 Å². The number of hydrogen-bond donors (Lipinski definition) is 0. The van der Waals surface area contributed by atoms with E-state index in [-0.39, 0.29) is 17.0 Å². The van der Waals surface area contributed by atoms with Crippen LogP contribution < -0.4 is 0 Å². The Kier molecular flexibility index (Phi) is 7.80. The van der Waals surface area contributed by atoms with E-state index in [0.29, 0.717) is 11.6 Å².